The molecule has 1 N–H and O–H groups in total. The highest BCUT2D eigenvalue weighted by atomic mass is 16.6. The van der Waals surface area contributed by atoms with E-state index in [1.54, 1.807) is 6.07 Å². The van der Waals surface area contributed by atoms with Crippen LogP contribution in [0.1, 0.15) is 22.8 Å². The van der Waals surface area contributed by atoms with E-state index in [-0.39, 0.29) is 5.91 Å². The smallest absolute Gasteiger partial charge is 0.275 e. The maximum atomic E-state index is 11.9. The van der Waals surface area contributed by atoms with Gasteiger partial charge in [0.25, 0.3) is 5.91 Å². The summed E-state index contributed by atoms with van der Waals surface area (Å²) < 4.78 is 5.67. The number of ether oxygens (including phenoxy) is 1. The van der Waals surface area contributed by atoms with E-state index in [1.165, 1.54) is 0 Å². The fourth-order valence-corrected chi connectivity index (χ4v) is 1.74. The summed E-state index contributed by atoms with van der Waals surface area (Å²) in [4.78, 5) is 16.9. The van der Waals surface area contributed by atoms with Crippen molar-refractivity contribution >= 4 is 5.91 Å². The average Bonchev–Trinajstić information content (AvgIpc) is 2.52. The molecule has 0 aliphatic carbocycles. The number of amides is 1. The van der Waals surface area contributed by atoms with E-state index in [0.29, 0.717) is 18.8 Å². The number of benzene rings is 2. The molecule has 0 aliphatic heterocycles. The minimum absolute atomic E-state index is 0.265. The first-order valence-corrected chi connectivity index (χ1v) is 6.49. The van der Waals surface area contributed by atoms with Crippen LogP contribution in [-0.2, 0) is 11.4 Å². The molecule has 0 aliphatic rings. The molecule has 0 heterocycles. The summed E-state index contributed by atoms with van der Waals surface area (Å²) in [5.41, 5.74) is 3.76. The van der Waals surface area contributed by atoms with Crippen molar-refractivity contribution in [2.75, 3.05) is 6.61 Å². The van der Waals surface area contributed by atoms with Gasteiger partial charge in [0.2, 0.25) is 0 Å². The summed E-state index contributed by atoms with van der Waals surface area (Å²) in [5, 5.41) is 0. The van der Waals surface area contributed by atoms with Gasteiger partial charge in [-0.3, -0.25) is 9.63 Å². The fraction of sp³-hybridized carbons (Fsp3) is 0.188. The van der Waals surface area contributed by atoms with Gasteiger partial charge in [-0.15, -0.1) is 0 Å². The lowest BCUT2D eigenvalue weighted by atomic mass is 10.1. The van der Waals surface area contributed by atoms with Crippen LogP contribution in [0.5, 0.6) is 5.75 Å². The van der Waals surface area contributed by atoms with Crippen LogP contribution >= 0.6 is 0 Å². The minimum Gasteiger partial charge on any atom is -0.489 e. The summed E-state index contributed by atoms with van der Waals surface area (Å²) >= 11 is 0. The van der Waals surface area contributed by atoms with Gasteiger partial charge in [-0.25, -0.2) is 5.48 Å². The third-order valence-electron chi connectivity index (χ3n) is 2.71. The van der Waals surface area contributed by atoms with Crippen molar-refractivity contribution in [2.45, 2.75) is 13.5 Å². The van der Waals surface area contributed by atoms with E-state index in [0.717, 1.165) is 11.3 Å². The van der Waals surface area contributed by atoms with Crippen molar-refractivity contribution in [1.82, 2.24) is 5.48 Å². The maximum Gasteiger partial charge on any atom is 0.275 e. The average molecular weight is 271 g/mol. The third-order valence-corrected chi connectivity index (χ3v) is 2.71. The fourth-order valence-electron chi connectivity index (χ4n) is 1.74. The molecule has 2 rings (SSSR count). The van der Waals surface area contributed by atoms with Gasteiger partial charge in [-0.2, -0.15) is 0 Å². The van der Waals surface area contributed by atoms with Gasteiger partial charge in [-0.05, 0) is 25.1 Å². The highest BCUT2D eigenvalue weighted by Crippen LogP contribution is 2.14. The second-order valence-corrected chi connectivity index (χ2v) is 4.12. The number of hydrogen-bond acceptors (Lipinski definition) is 3. The first-order valence-electron chi connectivity index (χ1n) is 6.49. The predicted molar refractivity (Wildman–Crippen MR) is 76.3 cm³/mol. The van der Waals surface area contributed by atoms with Crippen LogP contribution in [0.4, 0.5) is 0 Å². The number of para-hydroxylation sites is 1. The third kappa shape index (κ3) is 3.83. The zero-order valence-corrected chi connectivity index (χ0v) is 11.3. The number of hydroxylamine groups is 1. The summed E-state index contributed by atoms with van der Waals surface area (Å²) in [6, 6.07) is 16.8. The van der Waals surface area contributed by atoms with Crippen LogP contribution in [0.15, 0.2) is 54.6 Å². The number of carbonyl (C=O) groups is 1. The standard InChI is InChI=1S/C16H17NO3/c1-2-20-17-16(18)15-11-7-6-8-13(15)12-19-14-9-4-3-5-10-14/h3-11H,2,12H2,1H3,(H,17,18). The Kier molecular flexibility index (Phi) is 5.15. The minimum atomic E-state index is -0.265. The van der Waals surface area contributed by atoms with Crippen molar-refractivity contribution in [3.05, 3.63) is 65.7 Å². The highest BCUT2D eigenvalue weighted by Gasteiger charge is 2.11. The van der Waals surface area contributed by atoms with Crippen LogP contribution in [0, 0.1) is 0 Å². The first-order chi connectivity index (χ1) is 9.81. The zero-order chi connectivity index (χ0) is 14.2. The van der Waals surface area contributed by atoms with Crippen molar-refractivity contribution in [3.63, 3.8) is 0 Å². The molecule has 0 radical (unpaired) electrons. The Morgan fingerprint density at radius 3 is 2.50 bits per heavy atom. The van der Waals surface area contributed by atoms with Gasteiger partial charge in [0.05, 0.1) is 6.61 Å². The lowest BCUT2D eigenvalue weighted by molar-refractivity contribution is 0.0362. The quantitative estimate of drug-likeness (QED) is 0.822. The van der Waals surface area contributed by atoms with Crippen molar-refractivity contribution in [3.8, 4) is 5.75 Å². The molecular weight excluding hydrogens is 254 g/mol. The summed E-state index contributed by atoms with van der Waals surface area (Å²) in [7, 11) is 0. The molecular formula is C16H17NO3. The zero-order valence-electron chi connectivity index (χ0n) is 11.3. The molecule has 0 saturated heterocycles. The molecule has 0 aromatic heterocycles. The molecule has 0 bridgehead atoms. The Bertz CT molecular complexity index is 555. The van der Waals surface area contributed by atoms with Crippen LogP contribution in [-0.4, -0.2) is 12.5 Å². The molecule has 4 heteroatoms. The topological polar surface area (TPSA) is 47.6 Å². The molecule has 1 amide bonds. The van der Waals surface area contributed by atoms with Crippen LogP contribution in [0.3, 0.4) is 0 Å². The molecule has 20 heavy (non-hydrogen) atoms. The van der Waals surface area contributed by atoms with Crippen LogP contribution in [0.2, 0.25) is 0 Å². The Hall–Kier alpha value is -2.33. The second kappa shape index (κ2) is 7.31. The largest absolute Gasteiger partial charge is 0.489 e. The van der Waals surface area contributed by atoms with Gasteiger partial charge >= 0.3 is 0 Å². The van der Waals surface area contributed by atoms with Crippen LogP contribution in [0.25, 0.3) is 0 Å². The Morgan fingerprint density at radius 1 is 1.05 bits per heavy atom. The van der Waals surface area contributed by atoms with Crippen molar-refractivity contribution in [2.24, 2.45) is 0 Å². The molecule has 2 aromatic carbocycles. The van der Waals surface area contributed by atoms with E-state index in [4.69, 9.17) is 9.57 Å². The normalized spacial score (nSPS) is 10.1. The summed E-state index contributed by atoms with van der Waals surface area (Å²) in [5.74, 6) is 0.506. The Labute approximate surface area is 118 Å². The molecule has 0 unspecified atom stereocenters. The highest BCUT2D eigenvalue weighted by molar-refractivity contribution is 5.94. The predicted octanol–water partition coefficient (Wildman–Crippen LogP) is 2.95. The SMILES string of the molecule is CCONC(=O)c1ccccc1COc1ccccc1. The molecule has 2 aromatic rings. The maximum absolute atomic E-state index is 11.9. The van der Waals surface area contributed by atoms with E-state index in [2.05, 4.69) is 5.48 Å². The Morgan fingerprint density at radius 2 is 1.75 bits per heavy atom. The lowest BCUT2D eigenvalue weighted by Crippen LogP contribution is -2.25. The number of hydrogen-bond donors (Lipinski definition) is 1. The molecule has 0 atom stereocenters. The van der Waals surface area contributed by atoms with Gasteiger partial charge in [0, 0.05) is 11.1 Å². The van der Waals surface area contributed by atoms with E-state index in [9.17, 15) is 4.79 Å². The molecule has 0 fully saturated rings. The number of nitrogens with one attached hydrogen (secondary N) is 1. The molecule has 0 saturated carbocycles. The van der Waals surface area contributed by atoms with Gasteiger partial charge in [-0.1, -0.05) is 36.4 Å². The summed E-state index contributed by atoms with van der Waals surface area (Å²) in [6.07, 6.45) is 0. The van der Waals surface area contributed by atoms with E-state index >= 15 is 0 Å². The number of carbonyl (C=O) groups excluding carboxylic acids is 1. The van der Waals surface area contributed by atoms with Gasteiger partial charge < -0.3 is 4.74 Å². The Balaban J connectivity index is 2.06. The molecule has 0 spiro atoms. The van der Waals surface area contributed by atoms with Gasteiger partial charge in [0.15, 0.2) is 0 Å². The number of rotatable bonds is 6. The first kappa shape index (κ1) is 14.1. The molecule has 4 nitrogen and oxygen atoms in total. The van der Waals surface area contributed by atoms with Crippen LogP contribution < -0.4 is 10.2 Å². The van der Waals surface area contributed by atoms with Crippen molar-refractivity contribution in [1.29, 1.82) is 0 Å². The van der Waals surface area contributed by atoms with E-state index < -0.39 is 0 Å². The second-order valence-electron chi connectivity index (χ2n) is 4.12. The van der Waals surface area contributed by atoms with E-state index in [1.807, 2.05) is 55.5 Å². The molecule has 104 valence electrons. The van der Waals surface area contributed by atoms with Gasteiger partial charge in [0.1, 0.15) is 12.4 Å². The lowest BCUT2D eigenvalue weighted by Gasteiger charge is -2.11. The monoisotopic (exact) mass is 271 g/mol. The summed E-state index contributed by atoms with van der Waals surface area (Å²) in [6.45, 7) is 2.57. The van der Waals surface area contributed by atoms with Crippen molar-refractivity contribution < 1.29 is 14.4 Å².